The summed E-state index contributed by atoms with van der Waals surface area (Å²) in [5.41, 5.74) is 7.01. The number of primary amides is 1. The molecule has 1 aliphatic rings. The second-order valence-corrected chi connectivity index (χ2v) is 3.83. The zero-order chi connectivity index (χ0) is 14.8. The van der Waals surface area contributed by atoms with E-state index in [2.05, 4.69) is 5.32 Å². The highest BCUT2D eigenvalue weighted by molar-refractivity contribution is 6.13. The average molecular weight is 267 g/mol. The van der Waals surface area contributed by atoms with Gasteiger partial charge in [-0.15, -0.1) is 0 Å². The number of hydrogen-bond donors (Lipinski definition) is 3. The van der Waals surface area contributed by atoms with E-state index in [4.69, 9.17) is 11.1 Å². The minimum atomic E-state index is -0.693. The zero-order valence-electron chi connectivity index (χ0n) is 11.8. The molecule has 0 saturated carbocycles. The molecule has 0 aliphatic heterocycles. The van der Waals surface area contributed by atoms with Gasteiger partial charge in [0.1, 0.15) is 6.29 Å². The Morgan fingerprint density at radius 1 is 1.58 bits per heavy atom. The Balaban J connectivity index is 0. The molecule has 0 aromatic carbocycles. The third kappa shape index (κ3) is 4.69. The number of hydrogen-bond acceptors (Lipinski definition) is 4. The molecule has 0 saturated heterocycles. The standard InChI is InChI=1S/C12H17N3O2.C2H6.H2/c1-15-10-6-2-4-8(10)11(13)9(12(14)17)5-3-7-16;1-2;/h4,6-7,9,13,15H,2-3,5H2,1H3,(H2,14,17);1-2H3;1H. The van der Waals surface area contributed by atoms with Crippen LogP contribution >= 0.6 is 0 Å². The minimum Gasteiger partial charge on any atom is -0.388 e. The van der Waals surface area contributed by atoms with E-state index in [0.29, 0.717) is 12.0 Å². The summed E-state index contributed by atoms with van der Waals surface area (Å²) in [7, 11) is 1.77. The van der Waals surface area contributed by atoms with Crippen molar-refractivity contribution >= 4 is 17.9 Å². The Labute approximate surface area is 115 Å². The maximum atomic E-state index is 11.3. The summed E-state index contributed by atoms with van der Waals surface area (Å²) in [4.78, 5) is 21.6. The van der Waals surface area contributed by atoms with Crippen LogP contribution in [0.2, 0.25) is 0 Å². The first-order chi connectivity index (χ1) is 9.11. The molecular formula is C14H25N3O2. The Hall–Kier alpha value is -1.91. The van der Waals surface area contributed by atoms with Crippen LogP contribution in [-0.2, 0) is 9.59 Å². The Kier molecular flexibility index (Phi) is 8.17. The van der Waals surface area contributed by atoms with Crippen LogP contribution in [0, 0.1) is 11.3 Å². The Bertz CT molecular complexity index is 403. The van der Waals surface area contributed by atoms with Crippen LogP contribution < -0.4 is 11.1 Å². The molecule has 1 unspecified atom stereocenters. The van der Waals surface area contributed by atoms with Crippen LogP contribution in [0.15, 0.2) is 23.4 Å². The number of nitrogens with one attached hydrogen (secondary N) is 2. The van der Waals surface area contributed by atoms with Gasteiger partial charge in [0.15, 0.2) is 0 Å². The average Bonchev–Trinajstić information content (AvgIpc) is 2.89. The van der Waals surface area contributed by atoms with E-state index in [9.17, 15) is 9.59 Å². The van der Waals surface area contributed by atoms with Gasteiger partial charge in [0.05, 0.1) is 11.6 Å². The lowest BCUT2D eigenvalue weighted by atomic mass is 9.91. The van der Waals surface area contributed by atoms with Crippen LogP contribution in [0.3, 0.4) is 0 Å². The predicted octanol–water partition coefficient (Wildman–Crippen LogP) is 1.79. The van der Waals surface area contributed by atoms with Gasteiger partial charge in [-0.2, -0.15) is 0 Å². The van der Waals surface area contributed by atoms with E-state index in [-0.39, 0.29) is 13.6 Å². The molecular weight excluding hydrogens is 242 g/mol. The summed E-state index contributed by atoms with van der Waals surface area (Å²) in [6.07, 6.45) is 5.84. The number of carbonyl (C=O) groups is 2. The predicted molar refractivity (Wildman–Crippen MR) is 79.0 cm³/mol. The monoisotopic (exact) mass is 267 g/mol. The molecule has 0 aromatic rings. The number of likely N-dealkylation sites (N-methyl/N-ethyl adjacent to an activating group) is 1. The van der Waals surface area contributed by atoms with Gasteiger partial charge in [-0.3, -0.25) is 4.79 Å². The number of carbonyl (C=O) groups excluding carboxylic acids is 2. The lowest BCUT2D eigenvalue weighted by molar-refractivity contribution is -0.120. The number of allylic oxidation sites excluding steroid dienone is 3. The highest BCUT2D eigenvalue weighted by Gasteiger charge is 2.25. The molecule has 0 radical (unpaired) electrons. The lowest BCUT2D eigenvalue weighted by Gasteiger charge is -2.16. The second-order valence-electron chi connectivity index (χ2n) is 3.83. The first-order valence-electron chi connectivity index (χ1n) is 6.52. The van der Waals surface area contributed by atoms with Gasteiger partial charge in [0.25, 0.3) is 0 Å². The summed E-state index contributed by atoms with van der Waals surface area (Å²) in [6, 6.07) is 0. The normalized spacial score (nSPS) is 14.5. The zero-order valence-corrected chi connectivity index (χ0v) is 11.8. The fourth-order valence-electron chi connectivity index (χ4n) is 1.86. The number of amides is 1. The van der Waals surface area contributed by atoms with Crippen molar-refractivity contribution in [1.29, 1.82) is 5.41 Å². The molecule has 108 valence electrons. The first-order valence-corrected chi connectivity index (χ1v) is 6.52. The van der Waals surface area contributed by atoms with Crippen LogP contribution in [0.5, 0.6) is 0 Å². The third-order valence-corrected chi connectivity index (χ3v) is 2.76. The van der Waals surface area contributed by atoms with E-state index < -0.39 is 11.8 Å². The van der Waals surface area contributed by atoms with Crippen LogP contribution in [0.25, 0.3) is 0 Å². The van der Waals surface area contributed by atoms with Gasteiger partial charge in [-0.1, -0.05) is 26.0 Å². The molecule has 0 spiro atoms. The molecule has 1 aliphatic carbocycles. The topological polar surface area (TPSA) is 96.0 Å². The SMILES string of the molecule is CC.CNC1=CCC=C1C(=N)C(CCC=O)C(N)=O.[HH]. The fourth-order valence-corrected chi connectivity index (χ4v) is 1.86. The Morgan fingerprint density at radius 3 is 2.68 bits per heavy atom. The summed E-state index contributed by atoms with van der Waals surface area (Å²) >= 11 is 0. The Morgan fingerprint density at radius 2 is 2.21 bits per heavy atom. The van der Waals surface area contributed by atoms with E-state index in [0.717, 1.165) is 18.4 Å². The lowest BCUT2D eigenvalue weighted by Crippen LogP contribution is -2.32. The first kappa shape index (κ1) is 17.1. The molecule has 5 nitrogen and oxygen atoms in total. The summed E-state index contributed by atoms with van der Waals surface area (Å²) in [5.74, 6) is -1.25. The van der Waals surface area contributed by atoms with Crippen LogP contribution in [0.4, 0.5) is 0 Å². The van der Waals surface area contributed by atoms with E-state index in [1.807, 2.05) is 26.0 Å². The quantitative estimate of drug-likeness (QED) is 0.484. The van der Waals surface area contributed by atoms with E-state index >= 15 is 0 Å². The van der Waals surface area contributed by atoms with Gasteiger partial charge < -0.3 is 21.3 Å². The van der Waals surface area contributed by atoms with Gasteiger partial charge >= 0.3 is 0 Å². The smallest absolute Gasteiger partial charge is 0.226 e. The summed E-state index contributed by atoms with van der Waals surface area (Å²) in [6.45, 7) is 4.00. The van der Waals surface area contributed by atoms with Gasteiger partial charge in [0, 0.05) is 26.2 Å². The van der Waals surface area contributed by atoms with Crippen molar-refractivity contribution in [1.82, 2.24) is 5.32 Å². The van der Waals surface area contributed by atoms with Crippen molar-refractivity contribution in [3.63, 3.8) is 0 Å². The highest BCUT2D eigenvalue weighted by atomic mass is 16.1. The number of aldehydes is 1. The van der Waals surface area contributed by atoms with Gasteiger partial charge in [-0.05, 0) is 12.8 Å². The molecule has 0 heterocycles. The summed E-state index contributed by atoms with van der Waals surface area (Å²) < 4.78 is 0. The molecule has 1 atom stereocenters. The van der Waals surface area contributed by atoms with E-state index in [1.54, 1.807) is 7.05 Å². The van der Waals surface area contributed by atoms with E-state index in [1.165, 1.54) is 0 Å². The van der Waals surface area contributed by atoms with Crippen molar-refractivity contribution < 1.29 is 11.0 Å². The molecule has 1 amide bonds. The molecule has 5 heteroatoms. The molecule has 4 N–H and O–H groups in total. The maximum absolute atomic E-state index is 11.3. The largest absolute Gasteiger partial charge is 0.388 e. The van der Waals surface area contributed by atoms with Gasteiger partial charge in [-0.25, -0.2) is 0 Å². The van der Waals surface area contributed by atoms with Crippen molar-refractivity contribution in [2.75, 3.05) is 7.05 Å². The van der Waals surface area contributed by atoms with Crippen molar-refractivity contribution in [2.24, 2.45) is 11.7 Å². The number of rotatable bonds is 7. The van der Waals surface area contributed by atoms with Crippen molar-refractivity contribution in [2.45, 2.75) is 33.1 Å². The minimum absolute atomic E-state index is 0. The highest BCUT2D eigenvalue weighted by Crippen LogP contribution is 2.22. The van der Waals surface area contributed by atoms with Gasteiger partial charge in [0.2, 0.25) is 5.91 Å². The summed E-state index contributed by atoms with van der Waals surface area (Å²) in [5, 5.41) is 11.0. The fraction of sp³-hybridized carbons (Fsp3) is 0.500. The molecule has 0 bridgehead atoms. The molecule has 0 fully saturated rings. The second kappa shape index (κ2) is 9.08. The van der Waals surface area contributed by atoms with Crippen molar-refractivity contribution in [3.05, 3.63) is 23.4 Å². The molecule has 1 rings (SSSR count). The maximum Gasteiger partial charge on any atom is 0.226 e. The van der Waals surface area contributed by atoms with Crippen LogP contribution in [0.1, 0.15) is 34.5 Å². The van der Waals surface area contributed by atoms with Crippen molar-refractivity contribution in [3.8, 4) is 0 Å². The molecule has 19 heavy (non-hydrogen) atoms. The molecule has 0 aromatic heterocycles. The van der Waals surface area contributed by atoms with Crippen LogP contribution in [-0.4, -0.2) is 25.0 Å². The third-order valence-electron chi connectivity index (χ3n) is 2.76. The number of nitrogens with two attached hydrogens (primary N) is 1.